The van der Waals surface area contributed by atoms with Crippen LogP contribution in [0.3, 0.4) is 0 Å². The van der Waals surface area contributed by atoms with Crippen molar-refractivity contribution in [1.29, 1.82) is 0 Å². The molecule has 0 aromatic heterocycles. The Kier molecular flexibility index (Phi) is 9.37. The maximum atomic E-state index is 11.6. The lowest BCUT2D eigenvalue weighted by Crippen LogP contribution is -2.25. The Morgan fingerprint density at radius 2 is 1.55 bits per heavy atom. The first-order chi connectivity index (χ1) is 13.3. The van der Waals surface area contributed by atoms with Gasteiger partial charge in [0, 0.05) is 38.7 Å². The van der Waals surface area contributed by atoms with Crippen LogP contribution in [0.5, 0.6) is 11.5 Å². The minimum Gasteiger partial charge on any atom is -0.494 e. The van der Waals surface area contributed by atoms with E-state index in [1.807, 2.05) is 26.2 Å². The Morgan fingerprint density at radius 3 is 2.03 bits per heavy atom. The van der Waals surface area contributed by atoms with Crippen molar-refractivity contribution in [3.05, 3.63) is 64.2 Å². The third-order valence-electron chi connectivity index (χ3n) is 4.17. The van der Waals surface area contributed by atoms with Crippen LogP contribution in [0.4, 0.5) is 10.5 Å². The zero-order valence-electron chi connectivity index (χ0n) is 16.9. The van der Waals surface area contributed by atoms with Gasteiger partial charge in [-0.2, -0.15) is 0 Å². The summed E-state index contributed by atoms with van der Waals surface area (Å²) in [5.74, 6) is 1.08. The maximum absolute atomic E-state index is 11.6. The molecule has 0 saturated heterocycles. The lowest BCUT2D eigenvalue weighted by Gasteiger charge is -2.25. The van der Waals surface area contributed by atoms with Crippen molar-refractivity contribution >= 4 is 24.2 Å². The van der Waals surface area contributed by atoms with Gasteiger partial charge in [0.25, 0.3) is 5.69 Å². The van der Waals surface area contributed by atoms with E-state index in [2.05, 4.69) is 4.90 Å². The topological polar surface area (TPSA) is 85.1 Å². The van der Waals surface area contributed by atoms with Crippen LogP contribution in [0, 0.1) is 10.1 Å². The quantitative estimate of drug-likeness (QED) is 0.468. The predicted octanol–water partition coefficient (Wildman–Crippen LogP) is 4.15. The third kappa shape index (κ3) is 7.24. The molecule has 2 aromatic rings. The second kappa shape index (κ2) is 11.2. The molecule has 0 bridgehead atoms. The van der Waals surface area contributed by atoms with Crippen LogP contribution in [0.2, 0.25) is 0 Å². The van der Waals surface area contributed by atoms with Crippen LogP contribution in [0.1, 0.15) is 18.0 Å². The van der Waals surface area contributed by atoms with Crippen molar-refractivity contribution < 1.29 is 19.2 Å². The Balaban J connectivity index is 0.00000420. The number of non-ortho nitro benzene ring substituents is 1. The zero-order chi connectivity index (χ0) is 20.7. The first-order valence-corrected chi connectivity index (χ1v) is 8.80. The summed E-state index contributed by atoms with van der Waals surface area (Å²) in [7, 11) is 7.22. The molecule has 1 amide bonds. The number of benzene rings is 2. The predicted molar refractivity (Wildman–Crippen MR) is 113 cm³/mol. The molecule has 0 radical (unpaired) electrons. The summed E-state index contributed by atoms with van der Waals surface area (Å²) in [6.07, 6.45) is 0.300. The number of rotatable bonds is 8. The van der Waals surface area contributed by atoms with Gasteiger partial charge in [0.05, 0.1) is 11.5 Å². The van der Waals surface area contributed by atoms with E-state index in [1.165, 1.54) is 17.0 Å². The summed E-state index contributed by atoms with van der Waals surface area (Å²) in [5, 5.41) is 10.7. The fraction of sp³-hybridized carbons (Fsp3) is 0.350. The Labute approximate surface area is 176 Å². The highest BCUT2D eigenvalue weighted by Crippen LogP contribution is 2.25. The van der Waals surface area contributed by atoms with Crippen LogP contribution in [-0.2, 0) is 0 Å². The van der Waals surface area contributed by atoms with Gasteiger partial charge in [0.15, 0.2) is 0 Å². The molecule has 8 nitrogen and oxygen atoms in total. The van der Waals surface area contributed by atoms with Gasteiger partial charge in [-0.25, -0.2) is 4.79 Å². The summed E-state index contributed by atoms with van der Waals surface area (Å²) < 4.78 is 11.0. The number of hydrogen-bond acceptors (Lipinski definition) is 6. The highest BCUT2D eigenvalue weighted by atomic mass is 35.5. The smallest absolute Gasteiger partial charge is 0.414 e. The monoisotopic (exact) mass is 423 g/mol. The molecular weight excluding hydrogens is 398 g/mol. The Morgan fingerprint density at radius 1 is 1.00 bits per heavy atom. The summed E-state index contributed by atoms with van der Waals surface area (Å²) in [5.41, 5.74) is 1.11. The van der Waals surface area contributed by atoms with E-state index in [4.69, 9.17) is 9.47 Å². The molecule has 1 atom stereocenters. The summed E-state index contributed by atoms with van der Waals surface area (Å²) in [4.78, 5) is 25.3. The average Bonchev–Trinajstić information content (AvgIpc) is 2.66. The van der Waals surface area contributed by atoms with E-state index >= 15 is 0 Å². The Hall–Kier alpha value is -2.84. The molecule has 0 unspecified atom stereocenters. The fourth-order valence-electron chi connectivity index (χ4n) is 2.63. The van der Waals surface area contributed by atoms with Gasteiger partial charge in [-0.1, -0.05) is 12.1 Å². The fourth-order valence-corrected chi connectivity index (χ4v) is 2.63. The first-order valence-electron chi connectivity index (χ1n) is 8.80. The number of amides is 1. The number of ether oxygens (including phenoxy) is 2. The molecule has 0 aliphatic carbocycles. The first kappa shape index (κ1) is 24.2. The number of hydrogen-bond donors (Lipinski definition) is 0. The molecule has 0 N–H and O–H groups in total. The van der Waals surface area contributed by atoms with Crippen LogP contribution in [0.25, 0.3) is 0 Å². The summed E-state index contributed by atoms with van der Waals surface area (Å²) >= 11 is 0. The standard InChI is InChI=1S/C20H25N3O5.ClH/c1-21(2)19(13-14-27-17-11-7-16(8-12-17)23(25)26)15-5-9-18(10-6-15)28-20(24)22(3)4;/h5-12,19H,13-14H2,1-4H3;1H/t19-;/m1./s1. The van der Waals surface area contributed by atoms with Gasteiger partial charge in [-0.05, 0) is 43.9 Å². The average molecular weight is 424 g/mol. The van der Waals surface area contributed by atoms with Gasteiger partial charge >= 0.3 is 6.09 Å². The van der Waals surface area contributed by atoms with E-state index in [9.17, 15) is 14.9 Å². The van der Waals surface area contributed by atoms with Gasteiger partial charge in [-0.15, -0.1) is 12.4 Å². The molecule has 0 aliphatic rings. The molecule has 0 saturated carbocycles. The molecular formula is C20H26ClN3O5. The van der Waals surface area contributed by atoms with Crippen molar-refractivity contribution in [2.75, 3.05) is 34.8 Å². The lowest BCUT2D eigenvalue weighted by atomic mass is 10.0. The number of nitro groups is 1. The number of halogens is 1. The molecule has 2 rings (SSSR count). The minimum absolute atomic E-state index is 0. The minimum atomic E-state index is -0.439. The molecule has 0 aliphatic heterocycles. The van der Waals surface area contributed by atoms with Gasteiger partial charge < -0.3 is 19.3 Å². The number of carbonyl (C=O) groups is 1. The molecule has 9 heteroatoms. The normalized spacial score (nSPS) is 11.3. The molecule has 0 heterocycles. The van der Waals surface area contributed by atoms with Crippen LogP contribution >= 0.6 is 12.4 Å². The van der Waals surface area contributed by atoms with E-state index in [0.29, 0.717) is 18.1 Å². The SMILES string of the molecule is CN(C)C(=O)Oc1ccc([C@@H](CCOc2ccc([N+](=O)[O-])cc2)N(C)C)cc1.Cl. The van der Waals surface area contributed by atoms with Crippen molar-refractivity contribution in [1.82, 2.24) is 9.80 Å². The highest BCUT2D eigenvalue weighted by Gasteiger charge is 2.15. The van der Waals surface area contributed by atoms with Crippen LogP contribution in [-0.4, -0.2) is 55.6 Å². The summed E-state index contributed by atoms with van der Waals surface area (Å²) in [6, 6.07) is 13.5. The molecule has 2 aromatic carbocycles. The van der Waals surface area contributed by atoms with E-state index in [-0.39, 0.29) is 24.1 Å². The van der Waals surface area contributed by atoms with Crippen molar-refractivity contribution in [3.63, 3.8) is 0 Å². The number of nitro benzene ring substituents is 1. The van der Waals surface area contributed by atoms with Crippen molar-refractivity contribution in [2.45, 2.75) is 12.5 Å². The Bertz CT molecular complexity index is 795. The van der Waals surface area contributed by atoms with E-state index < -0.39 is 11.0 Å². The third-order valence-corrected chi connectivity index (χ3v) is 4.17. The molecule has 0 spiro atoms. The van der Waals surface area contributed by atoms with Gasteiger partial charge in [0.2, 0.25) is 0 Å². The lowest BCUT2D eigenvalue weighted by molar-refractivity contribution is -0.384. The number of carbonyl (C=O) groups excluding carboxylic acids is 1. The largest absolute Gasteiger partial charge is 0.494 e. The molecule has 0 fully saturated rings. The van der Waals surface area contributed by atoms with Gasteiger partial charge in [-0.3, -0.25) is 10.1 Å². The number of nitrogens with zero attached hydrogens (tertiary/aromatic N) is 3. The van der Waals surface area contributed by atoms with E-state index in [1.54, 1.807) is 38.4 Å². The molecule has 29 heavy (non-hydrogen) atoms. The maximum Gasteiger partial charge on any atom is 0.414 e. The van der Waals surface area contributed by atoms with Crippen LogP contribution in [0.15, 0.2) is 48.5 Å². The molecule has 158 valence electrons. The highest BCUT2D eigenvalue weighted by molar-refractivity contribution is 5.85. The second-order valence-corrected chi connectivity index (χ2v) is 6.70. The zero-order valence-corrected chi connectivity index (χ0v) is 17.7. The van der Waals surface area contributed by atoms with Crippen molar-refractivity contribution in [2.24, 2.45) is 0 Å². The van der Waals surface area contributed by atoms with Gasteiger partial charge in [0.1, 0.15) is 11.5 Å². The second-order valence-electron chi connectivity index (χ2n) is 6.70. The van der Waals surface area contributed by atoms with Crippen LogP contribution < -0.4 is 9.47 Å². The van der Waals surface area contributed by atoms with E-state index in [0.717, 1.165) is 12.0 Å². The summed E-state index contributed by atoms with van der Waals surface area (Å²) in [6.45, 7) is 0.456. The van der Waals surface area contributed by atoms with Crippen molar-refractivity contribution in [3.8, 4) is 11.5 Å².